The SMILES string of the molecule is C/C=C/C/C=C(\C)C1COCC[NH2+]1.[Br-]. The lowest BCUT2D eigenvalue weighted by atomic mass is 10.1. The van der Waals surface area contributed by atoms with Crippen LogP contribution in [0.1, 0.15) is 20.3 Å². The van der Waals surface area contributed by atoms with Gasteiger partial charge in [-0.2, -0.15) is 0 Å². The van der Waals surface area contributed by atoms with E-state index in [-0.39, 0.29) is 17.0 Å². The van der Waals surface area contributed by atoms with Crippen LogP contribution in [-0.4, -0.2) is 25.8 Å². The molecule has 1 fully saturated rings. The van der Waals surface area contributed by atoms with E-state index in [4.69, 9.17) is 4.74 Å². The average molecular weight is 262 g/mol. The summed E-state index contributed by atoms with van der Waals surface area (Å²) < 4.78 is 5.42. The number of halogens is 1. The third-order valence-corrected chi connectivity index (χ3v) is 2.41. The lowest BCUT2D eigenvalue weighted by molar-refractivity contribution is -0.696. The van der Waals surface area contributed by atoms with Crippen LogP contribution in [0.15, 0.2) is 23.8 Å². The Morgan fingerprint density at radius 1 is 1.57 bits per heavy atom. The first-order chi connectivity index (χ1) is 6.34. The molecule has 14 heavy (non-hydrogen) atoms. The molecule has 3 heteroatoms. The molecule has 0 aromatic carbocycles. The minimum Gasteiger partial charge on any atom is -1.00 e. The van der Waals surface area contributed by atoms with Crippen molar-refractivity contribution in [3.8, 4) is 0 Å². The van der Waals surface area contributed by atoms with E-state index >= 15 is 0 Å². The maximum atomic E-state index is 5.42. The summed E-state index contributed by atoms with van der Waals surface area (Å²) in [6.07, 6.45) is 7.60. The van der Waals surface area contributed by atoms with E-state index in [1.54, 1.807) is 0 Å². The van der Waals surface area contributed by atoms with Gasteiger partial charge in [0, 0.05) is 0 Å². The second-order valence-corrected chi connectivity index (χ2v) is 3.46. The van der Waals surface area contributed by atoms with Gasteiger partial charge >= 0.3 is 0 Å². The average Bonchev–Trinajstić information content (AvgIpc) is 2.19. The minimum absolute atomic E-state index is 0. The van der Waals surface area contributed by atoms with Gasteiger partial charge in [-0.05, 0) is 25.8 Å². The van der Waals surface area contributed by atoms with Crippen molar-refractivity contribution >= 4 is 0 Å². The Kier molecular flexibility index (Phi) is 8.14. The second-order valence-electron chi connectivity index (χ2n) is 3.46. The van der Waals surface area contributed by atoms with Crippen molar-refractivity contribution in [2.24, 2.45) is 0 Å². The van der Waals surface area contributed by atoms with Crippen LogP contribution in [0.25, 0.3) is 0 Å². The number of rotatable bonds is 3. The molecule has 1 aliphatic heterocycles. The van der Waals surface area contributed by atoms with Gasteiger partial charge in [0.15, 0.2) is 0 Å². The van der Waals surface area contributed by atoms with Crippen LogP contribution >= 0.6 is 0 Å². The monoisotopic (exact) mass is 261 g/mol. The van der Waals surface area contributed by atoms with Gasteiger partial charge in [-0.25, -0.2) is 0 Å². The van der Waals surface area contributed by atoms with E-state index < -0.39 is 0 Å². The van der Waals surface area contributed by atoms with Crippen molar-refractivity contribution < 1.29 is 27.0 Å². The van der Waals surface area contributed by atoms with Gasteiger partial charge in [0.2, 0.25) is 0 Å². The van der Waals surface area contributed by atoms with Gasteiger partial charge in [0.1, 0.15) is 12.6 Å². The number of ether oxygens (including phenoxy) is 1. The summed E-state index contributed by atoms with van der Waals surface area (Å²) in [6, 6.07) is 0.555. The Morgan fingerprint density at radius 3 is 2.93 bits per heavy atom. The lowest BCUT2D eigenvalue weighted by Crippen LogP contribution is -3.00. The molecule has 0 radical (unpaired) electrons. The Labute approximate surface area is 97.2 Å². The minimum atomic E-state index is 0. The summed E-state index contributed by atoms with van der Waals surface area (Å²) in [5.41, 5.74) is 1.44. The maximum Gasteiger partial charge on any atom is 0.131 e. The molecule has 1 unspecified atom stereocenters. The molecule has 1 saturated heterocycles. The van der Waals surface area contributed by atoms with Crippen molar-refractivity contribution in [1.29, 1.82) is 0 Å². The predicted molar refractivity (Wildman–Crippen MR) is 54.6 cm³/mol. The first-order valence-electron chi connectivity index (χ1n) is 5.03. The summed E-state index contributed by atoms with van der Waals surface area (Å²) >= 11 is 0. The highest BCUT2D eigenvalue weighted by atomic mass is 79.9. The molecule has 0 spiro atoms. The fraction of sp³-hybridized carbons (Fsp3) is 0.636. The molecular weight excluding hydrogens is 242 g/mol. The third-order valence-electron chi connectivity index (χ3n) is 2.41. The first kappa shape index (κ1) is 13.9. The van der Waals surface area contributed by atoms with Crippen molar-refractivity contribution in [3.05, 3.63) is 23.8 Å². The summed E-state index contributed by atoms with van der Waals surface area (Å²) in [6.45, 7) is 7.12. The van der Waals surface area contributed by atoms with Crippen LogP contribution in [0.3, 0.4) is 0 Å². The number of quaternary nitrogens is 1. The zero-order chi connectivity index (χ0) is 9.52. The van der Waals surface area contributed by atoms with Crippen molar-refractivity contribution in [2.45, 2.75) is 26.3 Å². The van der Waals surface area contributed by atoms with E-state index in [0.29, 0.717) is 6.04 Å². The Morgan fingerprint density at radius 2 is 2.36 bits per heavy atom. The van der Waals surface area contributed by atoms with Crippen molar-refractivity contribution in [1.82, 2.24) is 0 Å². The Balaban J connectivity index is 0.00000169. The van der Waals surface area contributed by atoms with Gasteiger partial charge in [-0.1, -0.05) is 18.2 Å². The molecule has 2 N–H and O–H groups in total. The Hall–Kier alpha value is -0.120. The van der Waals surface area contributed by atoms with E-state index in [9.17, 15) is 0 Å². The Bertz CT molecular complexity index is 195. The van der Waals surface area contributed by atoms with Crippen LogP contribution < -0.4 is 22.3 Å². The van der Waals surface area contributed by atoms with Crippen LogP contribution in [0, 0.1) is 0 Å². The molecule has 0 bridgehead atoms. The molecule has 0 aliphatic carbocycles. The molecule has 1 atom stereocenters. The molecule has 0 saturated carbocycles. The molecule has 1 aliphatic rings. The second kappa shape index (κ2) is 8.21. The van der Waals surface area contributed by atoms with Crippen LogP contribution in [-0.2, 0) is 4.74 Å². The molecule has 0 aromatic heterocycles. The van der Waals surface area contributed by atoms with Crippen LogP contribution in [0.5, 0.6) is 0 Å². The quantitative estimate of drug-likeness (QED) is 0.577. The molecule has 1 rings (SSSR count). The van der Waals surface area contributed by atoms with Gasteiger partial charge in [0.25, 0.3) is 0 Å². The fourth-order valence-corrected chi connectivity index (χ4v) is 1.49. The highest BCUT2D eigenvalue weighted by Crippen LogP contribution is 2.02. The van der Waals surface area contributed by atoms with Crippen molar-refractivity contribution in [2.75, 3.05) is 19.8 Å². The van der Waals surface area contributed by atoms with Gasteiger partial charge < -0.3 is 27.0 Å². The van der Waals surface area contributed by atoms with Crippen LogP contribution in [0.2, 0.25) is 0 Å². The van der Waals surface area contributed by atoms with E-state index in [0.717, 1.165) is 26.2 Å². The summed E-state index contributed by atoms with van der Waals surface area (Å²) in [5.74, 6) is 0. The van der Waals surface area contributed by atoms with E-state index in [1.165, 1.54) is 5.57 Å². The summed E-state index contributed by atoms with van der Waals surface area (Å²) in [7, 11) is 0. The van der Waals surface area contributed by atoms with Crippen LogP contribution in [0.4, 0.5) is 0 Å². The molecular formula is C11H20BrNO. The number of allylic oxidation sites excluding steroid dienone is 3. The van der Waals surface area contributed by atoms with Crippen molar-refractivity contribution in [3.63, 3.8) is 0 Å². The van der Waals surface area contributed by atoms with Gasteiger partial charge in [0.05, 0.1) is 13.2 Å². The molecule has 0 aromatic rings. The number of hydrogen-bond acceptors (Lipinski definition) is 1. The maximum absolute atomic E-state index is 5.42. The number of nitrogens with two attached hydrogens (primary N) is 1. The topological polar surface area (TPSA) is 25.8 Å². The smallest absolute Gasteiger partial charge is 0.131 e. The zero-order valence-corrected chi connectivity index (χ0v) is 10.6. The highest BCUT2D eigenvalue weighted by molar-refractivity contribution is 5.07. The number of hydrogen-bond donors (Lipinski definition) is 1. The van der Waals surface area contributed by atoms with Gasteiger partial charge in [-0.3, -0.25) is 0 Å². The normalized spacial score (nSPS) is 23.6. The molecule has 82 valence electrons. The molecule has 2 nitrogen and oxygen atoms in total. The largest absolute Gasteiger partial charge is 1.00 e. The van der Waals surface area contributed by atoms with E-state index in [2.05, 4.69) is 37.4 Å². The summed E-state index contributed by atoms with van der Waals surface area (Å²) in [5, 5.41) is 2.37. The lowest BCUT2D eigenvalue weighted by Gasteiger charge is -2.21. The van der Waals surface area contributed by atoms with Gasteiger partial charge in [-0.15, -0.1) is 0 Å². The molecule has 1 heterocycles. The predicted octanol–water partition coefficient (Wildman–Crippen LogP) is -2.13. The number of morpholine rings is 1. The first-order valence-corrected chi connectivity index (χ1v) is 5.03. The summed E-state index contributed by atoms with van der Waals surface area (Å²) in [4.78, 5) is 0. The third kappa shape index (κ3) is 4.94. The standard InChI is InChI=1S/C11H19NO.BrH/c1-3-4-5-6-10(2)11-9-13-8-7-12-11;/h3-4,6,11-12H,5,7-9H2,1-2H3;1H/b4-3+,10-6+;. The highest BCUT2D eigenvalue weighted by Gasteiger charge is 2.17. The zero-order valence-electron chi connectivity index (χ0n) is 9.00. The fourth-order valence-electron chi connectivity index (χ4n) is 1.49. The van der Waals surface area contributed by atoms with E-state index in [1.807, 2.05) is 0 Å². The molecule has 0 amide bonds.